The molecule has 3 heterocycles. The first-order valence-electron chi connectivity index (χ1n) is 10.5. The third kappa shape index (κ3) is 4.88. The van der Waals surface area contributed by atoms with E-state index in [4.69, 9.17) is 4.74 Å². The summed E-state index contributed by atoms with van der Waals surface area (Å²) in [5.41, 5.74) is 4.46. The lowest BCUT2D eigenvalue weighted by Gasteiger charge is -2.10. The van der Waals surface area contributed by atoms with Gasteiger partial charge < -0.3 is 15.0 Å². The number of amides is 1. The van der Waals surface area contributed by atoms with Crippen molar-refractivity contribution in [1.82, 2.24) is 19.9 Å². The fourth-order valence-electron chi connectivity index (χ4n) is 3.55. The topological polar surface area (TPSA) is 92.8 Å². The predicted octanol–water partition coefficient (Wildman–Crippen LogP) is 4.78. The summed E-state index contributed by atoms with van der Waals surface area (Å²) in [6.45, 7) is 0.437. The third-order valence-electron chi connectivity index (χ3n) is 5.20. The molecular weight excluding hydrogens is 414 g/mol. The number of imidazole rings is 1. The smallest absolute Gasteiger partial charge is 0.231 e. The van der Waals surface area contributed by atoms with Crippen LogP contribution in [0.15, 0.2) is 91.5 Å². The molecule has 0 saturated carbocycles. The summed E-state index contributed by atoms with van der Waals surface area (Å²) >= 11 is 0. The molecule has 0 aliphatic heterocycles. The fraction of sp³-hybridized carbons (Fsp3) is 0.0769. The Morgan fingerprint density at radius 2 is 1.79 bits per heavy atom. The number of carbonyl (C=O) groups excluding carboxylic acids is 1. The van der Waals surface area contributed by atoms with Crippen molar-refractivity contribution in [2.45, 2.75) is 13.0 Å². The van der Waals surface area contributed by atoms with E-state index >= 15 is 0 Å². The van der Waals surface area contributed by atoms with Crippen LogP contribution in [-0.2, 0) is 17.8 Å². The number of anilines is 1. The van der Waals surface area contributed by atoms with Gasteiger partial charge in [-0.2, -0.15) is 0 Å². The highest BCUT2D eigenvalue weighted by atomic mass is 16.5. The summed E-state index contributed by atoms with van der Waals surface area (Å²) < 4.78 is 5.94. The lowest BCUT2D eigenvalue weighted by Crippen LogP contribution is -2.15. The predicted molar refractivity (Wildman–Crippen MR) is 127 cm³/mol. The van der Waals surface area contributed by atoms with Crippen LogP contribution in [0.25, 0.3) is 22.2 Å². The van der Waals surface area contributed by atoms with Crippen LogP contribution in [0.2, 0.25) is 0 Å². The molecule has 0 spiro atoms. The summed E-state index contributed by atoms with van der Waals surface area (Å²) in [6.07, 6.45) is 7.10. The van der Waals surface area contributed by atoms with Gasteiger partial charge in [0.2, 0.25) is 5.91 Å². The van der Waals surface area contributed by atoms with Gasteiger partial charge in [-0.05, 0) is 48.5 Å². The van der Waals surface area contributed by atoms with Crippen molar-refractivity contribution in [3.05, 3.63) is 103 Å². The lowest BCUT2D eigenvalue weighted by atomic mass is 10.1. The molecule has 7 heteroatoms. The summed E-state index contributed by atoms with van der Waals surface area (Å²) in [6, 6.07) is 21.1. The van der Waals surface area contributed by atoms with Gasteiger partial charge in [-0.1, -0.05) is 18.2 Å². The molecule has 0 radical (unpaired) electrons. The molecule has 3 aromatic heterocycles. The van der Waals surface area contributed by atoms with Crippen LogP contribution >= 0.6 is 0 Å². The molecule has 5 rings (SSSR count). The average molecular weight is 435 g/mol. The van der Waals surface area contributed by atoms with Crippen molar-refractivity contribution in [3.8, 4) is 17.0 Å². The SMILES string of the molecule is O=C(Cc1ncc(-c2cccnc2)[nH]1)Nc1ccc(OCc2ccnc3ccccc23)cc1. The Morgan fingerprint density at radius 1 is 0.909 bits per heavy atom. The van der Waals surface area contributed by atoms with Crippen LogP contribution in [-0.4, -0.2) is 25.8 Å². The molecule has 33 heavy (non-hydrogen) atoms. The minimum absolute atomic E-state index is 0.146. The maximum atomic E-state index is 12.4. The zero-order valence-electron chi connectivity index (χ0n) is 17.7. The van der Waals surface area contributed by atoms with Crippen LogP contribution < -0.4 is 10.1 Å². The van der Waals surface area contributed by atoms with E-state index in [1.165, 1.54) is 0 Å². The number of nitrogens with one attached hydrogen (secondary N) is 2. The van der Waals surface area contributed by atoms with Crippen molar-refractivity contribution in [3.63, 3.8) is 0 Å². The molecule has 2 aromatic carbocycles. The van der Waals surface area contributed by atoms with E-state index < -0.39 is 0 Å². The van der Waals surface area contributed by atoms with E-state index in [0.717, 1.165) is 33.5 Å². The minimum atomic E-state index is -0.154. The number of para-hydroxylation sites is 1. The van der Waals surface area contributed by atoms with Gasteiger partial charge in [-0.15, -0.1) is 0 Å². The van der Waals surface area contributed by atoms with E-state index in [-0.39, 0.29) is 12.3 Å². The van der Waals surface area contributed by atoms with Crippen LogP contribution in [0.3, 0.4) is 0 Å². The Balaban J connectivity index is 1.17. The van der Waals surface area contributed by atoms with Gasteiger partial charge in [0, 0.05) is 40.8 Å². The van der Waals surface area contributed by atoms with Crippen LogP contribution in [0.1, 0.15) is 11.4 Å². The number of aromatic nitrogens is 4. The van der Waals surface area contributed by atoms with Crippen molar-refractivity contribution in [1.29, 1.82) is 0 Å². The summed E-state index contributed by atoms with van der Waals surface area (Å²) in [5.74, 6) is 1.16. The number of aromatic amines is 1. The largest absolute Gasteiger partial charge is 0.489 e. The van der Waals surface area contributed by atoms with Crippen molar-refractivity contribution >= 4 is 22.5 Å². The molecule has 2 N–H and O–H groups in total. The molecule has 1 amide bonds. The van der Waals surface area contributed by atoms with E-state index in [9.17, 15) is 4.79 Å². The van der Waals surface area contributed by atoms with Crippen LogP contribution in [0.4, 0.5) is 5.69 Å². The number of rotatable bonds is 7. The van der Waals surface area contributed by atoms with E-state index in [1.807, 2.05) is 66.7 Å². The number of hydrogen-bond acceptors (Lipinski definition) is 5. The number of carbonyl (C=O) groups is 1. The Kier molecular flexibility index (Phi) is 5.75. The molecule has 162 valence electrons. The fourth-order valence-corrected chi connectivity index (χ4v) is 3.55. The Morgan fingerprint density at radius 3 is 2.64 bits per heavy atom. The number of hydrogen-bond donors (Lipinski definition) is 2. The molecule has 0 aliphatic rings. The third-order valence-corrected chi connectivity index (χ3v) is 5.20. The molecule has 5 aromatic rings. The maximum Gasteiger partial charge on any atom is 0.231 e. The van der Waals surface area contributed by atoms with Gasteiger partial charge in [-0.25, -0.2) is 4.98 Å². The lowest BCUT2D eigenvalue weighted by molar-refractivity contribution is -0.115. The second-order valence-electron chi connectivity index (χ2n) is 7.51. The standard InChI is InChI=1S/C26H21N5O2/c32-26(14-25-29-16-24(31-25)18-4-3-12-27-15-18)30-20-7-9-21(10-8-20)33-17-19-11-13-28-23-6-2-1-5-22(19)23/h1-13,15-16H,14,17H2,(H,29,31)(H,30,32). The number of H-pyrrole nitrogens is 1. The Labute approximate surface area is 190 Å². The van der Waals surface area contributed by atoms with Crippen molar-refractivity contribution in [2.24, 2.45) is 0 Å². The van der Waals surface area contributed by atoms with Crippen LogP contribution in [0.5, 0.6) is 5.75 Å². The summed E-state index contributed by atoms with van der Waals surface area (Å²) in [7, 11) is 0. The van der Waals surface area contributed by atoms with E-state index in [0.29, 0.717) is 18.1 Å². The first-order valence-corrected chi connectivity index (χ1v) is 10.5. The quantitative estimate of drug-likeness (QED) is 0.384. The molecule has 7 nitrogen and oxygen atoms in total. The minimum Gasteiger partial charge on any atom is -0.489 e. The highest BCUT2D eigenvalue weighted by Gasteiger charge is 2.09. The van der Waals surface area contributed by atoms with Gasteiger partial charge >= 0.3 is 0 Å². The monoisotopic (exact) mass is 435 g/mol. The summed E-state index contributed by atoms with van der Waals surface area (Å²) in [4.78, 5) is 28.4. The van der Waals surface area contributed by atoms with Gasteiger partial charge in [0.05, 0.1) is 23.8 Å². The molecule has 0 fully saturated rings. The van der Waals surface area contributed by atoms with Crippen molar-refractivity contribution in [2.75, 3.05) is 5.32 Å². The first kappa shape index (κ1) is 20.4. The number of nitrogens with zero attached hydrogens (tertiary/aromatic N) is 3. The molecule has 0 saturated heterocycles. The number of ether oxygens (including phenoxy) is 1. The molecule has 0 unspecified atom stereocenters. The van der Waals surface area contributed by atoms with E-state index in [2.05, 4.69) is 25.3 Å². The van der Waals surface area contributed by atoms with Crippen LogP contribution in [0, 0.1) is 0 Å². The highest BCUT2D eigenvalue weighted by molar-refractivity contribution is 5.92. The number of pyridine rings is 2. The normalized spacial score (nSPS) is 10.8. The molecule has 0 bridgehead atoms. The highest BCUT2D eigenvalue weighted by Crippen LogP contribution is 2.21. The van der Waals surface area contributed by atoms with E-state index in [1.54, 1.807) is 24.8 Å². The zero-order chi connectivity index (χ0) is 22.5. The Hall–Kier alpha value is -4.52. The first-order chi connectivity index (χ1) is 16.2. The van der Waals surface area contributed by atoms with Gasteiger partial charge in [0.15, 0.2) is 0 Å². The van der Waals surface area contributed by atoms with Gasteiger partial charge in [0.25, 0.3) is 0 Å². The second-order valence-corrected chi connectivity index (χ2v) is 7.51. The van der Waals surface area contributed by atoms with Gasteiger partial charge in [0.1, 0.15) is 18.2 Å². The summed E-state index contributed by atoms with van der Waals surface area (Å²) in [5, 5.41) is 3.97. The van der Waals surface area contributed by atoms with Crippen molar-refractivity contribution < 1.29 is 9.53 Å². The molecule has 0 atom stereocenters. The second kappa shape index (κ2) is 9.32. The Bertz CT molecular complexity index is 1380. The number of benzene rings is 2. The average Bonchev–Trinajstić information content (AvgIpc) is 3.32. The zero-order valence-corrected chi connectivity index (χ0v) is 17.7. The molecular formula is C26H21N5O2. The molecule has 0 aliphatic carbocycles. The maximum absolute atomic E-state index is 12.4. The van der Waals surface area contributed by atoms with Gasteiger partial charge in [-0.3, -0.25) is 14.8 Å². The number of fused-ring (bicyclic) bond motifs is 1.